The molecule has 0 aromatic heterocycles. The summed E-state index contributed by atoms with van der Waals surface area (Å²) in [7, 11) is 0. The van der Waals surface area contributed by atoms with Gasteiger partial charge in [-0.15, -0.1) is 0 Å². The van der Waals surface area contributed by atoms with Gasteiger partial charge in [-0.1, -0.05) is 33.6 Å². The van der Waals surface area contributed by atoms with Crippen molar-refractivity contribution in [3.63, 3.8) is 0 Å². The molecule has 0 saturated heterocycles. The van der Waals surface area contributed by atoms with Crippen LogP contribution in [-0.2, 0) is 0 Å². The Labute approximate surface area is 76.5 Å². The van der Waals surface area contributed by atoms with Crippen LogP contribution in [-0.4, -0.2) is 18.4 Å². The van der Waals surface area contributed by atoms with Crippen LogP contribution in [0.1, 0.15) is 47.0 Å². The Hall–Kier alpha value is -0.530. The zero-order valence-corrected chi connectivity index (χ0v) is 8.85. The molecule has 0 aromatic rings. The van der Waals surface area contributed by atoms with Gasteiger partial charge >= 0.3 is 0 Å². The van der Waals surface area contributed by atoms with Crippen molar-refractivity contribution in [3.05, 3.63) is 0 Å². The molecule has 0 fully saturated rings. The second kappa shape index (κ2) is 7.14. The smallest absolute Gasteiger partial charge is 0.0935 e. The fourth-order valence-corrected chi connectivity index (χ4v) is 1.25. The van der Waals surface area contributed by atoms with Crippen molar-refractivity contribution in [2.24, 2.45) is 4.99 Å². The van der Waals surface area contributed by atoms with Crippen LogP contribution in [0.15, 0.2) is 4.99 Å². The summed E-state index contributed by atoms with van der Waals surface area (Å²) in [6.45, 7) is 9.25. The zero-order chi connectivity index (χ0) is 9.40. The lowest BCUT2D eigenvalue weighted by Gasteiger charge is -2.08. The lowest BCUT2D eigenvalue weighted by molar-refractivity contribution is 0.566. The molecule has 0 radical (unpaired) electrons. The van der Waals surface area contributed by atoms with Crippen LogP contribution in [0.25, 0.3) is 0 Å². The third-order valence-electron chi connectivity index (χ3n) is 1.87. The third-order valence-corrected chi connectivity index (χ3v) is 1.87. The zero-order valence-electron chi connectivity index (χ0n) is 8.85. The van der Waals surface area contributed by atoms with E-state index in [0.717, 1.165) is 12.4 Å². The van der Waals surface area contributed by atoms with Crippen molar-refractivity contribution in [1.82, 2.24) is 5.32 Å². The van der Waals surface area contributed by atoms with Gasteiger partial charge in [0.25, 0.3) is 0 Å². The van der Waals surface area contributed by atoms with Gasteiger partial charge in [0, 0.05) is 6.04 Å². The Balaban J connectivity index is 0.000000561. The van der Waals surface area contributed by atoms with Crippen molar-refractivity contribution in [1.29, 1.82) is 0 Å². The highest BCUT2D eigenvalue weighted by Crippen LogP contribution is 2.04. The Morgan fingerprint density at radius 1 is 1.50 bits per heavy atom. The second-order valence-corrected chi connectivity index (χ2v) is 2.91. The average Bonchev–Trinajstić information content (AvgIpc) is 2.51. The summed E-state index contributed by atoms with van der Waals surface area (Å²) in [5, 5.41) is 3.34. The van der Waals surface area contributed by atoms with E-state index in [9.17, 15) is 0 Å². The summed E-state index contributed by atoms with van der Waals surface area (Å²) >= 11 is 0. The number of aliphatic imine (C=N–C) groups is 1. The molecule has 0 saturated carbocycles. The molecule has 0 unspecified atom stereocenters. The van der Waals surface area contributed by atoms with E-state index < -0.39 is 0 Å². The summed E-state index contributed by atoms with van der Waals surface area (Å²) in [6.07, 6.45) is 3.88. The molecule has 1 heterocycles. The van der Waals surface area contributed by atoms with Crippen LogP contribution in [0, 0.1) is 0 Å². The van der Waals surface area contributed by atoms with Gasteiger partial charge in [-0.25, -0.2) is 0 Å². The van der Waals surface area contributed by atoms with Gasteiger partial charge in [0.1, 0.15) is 0 Å². The van der Waals surface area contributed by atoms with Crippen LogP contribution in [0.4, 0.5) is 0 Å². The number of unbranched alkanes of at least 4 members (excludes halogenated alkanes) is 1. The van der Waals surface area contributed by atoms with E-state index >= 15 is 0 Å². The molecule has 1 aliphatic heterocycles. The molecule has 1 N–H and O–H groups in total. The van der Waals surface area contributed by atoms with E-state index in [-0.39, 0.29) is 0 Å². The Bertz CT molecular complexity index is 130. The van der Waals surface area contributed by atoms with E-state index in [4.69, 9.17) is 0 Å². The number of nitrogens with zero attached hydrogens (tertiary/aromatic N) is 1. The molecule has 1 atom stereocenters. The van der Waals surface area contributed by atoms with Crippen LogP contribution in [0.5, 0.6) is 0 Å². The van der Waals surface area contributed by atoms with Crippen molar-refractivity contribution in [3.8, 4) is 0 Å². The largest absolute Gasteiger partial charge is 0.369 e. The van der Waals surface area contributed by atoms with Gasteiger partial charge in [0.05, 0.1) is 12.4 Å². The molecule has 1 aliphatic rings. The lowest BCUT2D eigenvalue weighted by Crippen LogP contribution is -2.28. The molecule has 0 bridgehead atoms. The molecular weight excluding hydrogens is 148 g/mol. The molecule has 1 rings (SSSR count). The predicted octanol–water partition coefficient (Wildman–Crippen LogP) is 2.59. The first kappa shape index (κ1) is 11.5. The maximum Gasteiger partial charge on any atom is 0.0935 e. The monoisotopic (exact) mass is 170 g/mol. The topological polar surface area (TPSA) is 24.4 Å². The molecule has 0 amide bonds. The van der Waals surface area contributed by atoms with Crippen molar-refractivity contribution in [2.75, 3.05) is 6.54 Å². The predicted molar refractivity (Wildman–Crippen MR) is 55.8 cm³/mol. The first-order chi connectivity index (χ1) is 5.83. The van der Waals surface area contributed by atoms with E-state index in [0.29, 0.717) is 6.04 Å². The van der Waals surface area contributed by atoms with E-state index in [1.165, 1.54) is 19.3 Å². The van der Waals surface area contributed by atoms with Crippen LogP contribution < -0.4 is 5.32 Å². The maximum atomic E-state index is 4.28. The molecule has 2 heteroatoms. The fraction of sp³-hybridized carbons (Fsp3) is 0.900. The lowest BCUT2D eigenvalue weighted by atomic mass is 10.1. The first-order valence-corrected chi connectivity index (χ1v) is 5.10. The van der Waals surface area contributed by atoms with Gasteiger partial charge in [-0.05, 0) is 13.3 Å². The number of nitrogens with one attached hydrogen (secondary N) is 1. The molecular formula is C10H22N2. The van der Waals surface area contributed by atoms with Gasteiger partial charge < -0.3 is 5.32 Å². The highest BCUT2D eigenvalue weighted by atomic mass is 15.1. The van der Waals surface area contributed by atoms with Crippen LogP contribution >= 0.6 is 0 Å². The molecule has 72 valence electrons. The Morgan fingerprint density at radius 2 is 2.17 bits per heavy atom. The molecule has 0 spiro atoms. The summed E-state index contributed by atoms with van der Waals surface area (Å²) in [5.41, 5.74) is 0. The number of rotatable bonds is 3. The summed E-state index contributed by atoms with van der Waals surface area (Å²) in [5.74, 6) is 1.11. The van der Waals surface area contributed by atoms with Crippen LogP contribution in [0.3, 0.4) is 0 Å². The van der Waals surface area contributed by atoms with Crippen molar-refractivity contribution < 1.29 is 0 Å². The van der Waals surface area contributed by atoms with E-state index in [2.05, 4.69) is 17.2 Å². The number of hydrogen-bond acceptors (Lipinski definition) is 2. The second-order valence-electron chi connectivity index (χ2n) is 2.91. The SMILES string of the molecule is CC.CCCC[C@@H]1CN=C(C)N1. The first-order valence-electron chi connectivity index (χ1n) is 5.10. The average molecular weight is 170 g/mol. The minimum atomic E-state index is 0.639. The third kappa shape index (κ3) is 4.37. The van der Waals surface area contributed by atoms with E-state index in [1.807, 2.05) is 20.8 Å². The highest BCUT2D eigenvalue weighted by molar-refractivity contribution is 5.81. The summed E-state index contributed by atoms with van der Waals surface area (Å²) in [6, 6.07) is 0.639. The minimum Gasteiger partial charge on any atom is -0.369 e. The highest BCUT2D eigenvalue weighted by Gasteiger charge is 2.12. The van der Waals surface area contributed by atoms with Gasteiger partial charge in [0.15, 0.2) is 0 Å². The summed E-state index contributed by atoms with van der Waals surface area (Å²) in [4.78, 5) is 4.28. The van der Waals surface area contributed by atoms with Gasteiger partial charge in [-0.3, -0.25) is 4.99 Å². The van der Waals surface area contributed by atoms with Crippen molar-refractivity contribution >= 4 is 5.84 Å². The Morgan fingerprint density at radius 3 is 2.58 bits per heavy atom. The van der Waals surface area contributed by atoms with E-state index in [1.54, 1.807) is 0 Å². The molecule has 0 aromatic carbocycles. The fourth-order valence-electron chi connectivity index (χ4n) is 1.25. The standard InChI is InChI=1S/C8H16N2.C2H6/c1-3-4-5-8-6-9-7(2)10-8;1-2/h8H,3-6H2,1-2H3,(H,9,10);1-2H3/t8-;/m1./s1. The van der Waals surface area contributed by atoms with Gasteiger partial charge in [-0.2, -0.15) is 0 Å². The normalized spacial score (nSPS) is 20.7. The molecule has 2 nitrogen and oxygen atoms in total. The van der Waals surface area contributed by atoms with Crippen molar-refractivity contribution in [2.45, 2.75) is 53.0 Å². The summed E-state index contributed by atoms with van der Waals surface area (Å²) < 4.78 is 0. The van der Waals surface area contributed by atoms with Gasteiger partial charge in [0.2, 0.25) is 0 Å². The quantitative estimate of drug-likeness (QED) is 0.691. The molecule has 0 aliphatic carbocycles. The van der Waals surface area contributed by atoms with Crippen LogP contribution in [0.2, 0.25) is 0 Å². The number of hydrogen-bond donors (Lipinski definition) is 1. The Kier molecular flexibility index (Phi) is 6.82. The molecule has 12 heavy (non-hydrogen) atoms. The number of amidine groups is 1. The maximum absolute atomic E-state index is 4.28. The minimum absolute atomic E-state index is 0.639.